The number of benzene rings is 1. The van der Waals surface area contributed by atoms with Crippen LogP contribution in [0.4, 0.5) is 0 Å². The summed E-state index contributed by atoms with van der Waals surface area (Å²) in [6.45, 7) is 2.06. The molecule has 1 aromatic heterocycles. The molecule has 1 saturated heterocycles. The van der Waals surface area contributed by atoms with Gasteiger partial charge in [-0.1, -0.05) is 18.2 Å². The first-order valence-electron chi connectivity index (χ1n) is 7.65. The summed E-state index contributed by atoms with van der Waals surface area (Å²) in [5, 5.41) is 9.69. The quantitative estimate of drug-likeness (QED) is 0.902. The Kier molecular flexibility index (Phi) is 4.18. The van der Waals surface area contributed by atoms with Gasteiger partial charge in [-0.2, -0.15) is 4.31 Å². The predicted octanol–water partition coefficient (Wildman–Crippen LogP) is 1.46. The van der Waals surface area contributed by atoms with E-state index in [4.69, 9.17) is 0 Å². The fourth-order valence-electron chi connectivity index (χ4n) is 3.18. The van der Waals surface area contributed by atoms with Gasteiger partial charge in [0.05, 0.1) is 11.2 Å². The fourth-order valence-corrected chi connectivity index (χ4v) is 4.84. The predicted molar refractivity (Wildman–Crippen MR) is 87.0 cm³/mol. The number of piperidine rings is 1. The average Bonchev–Trinajstić information content (AvgIpc) is 3.10. The molecule has 0 spiro atoms. The fraction of sp³-hybridized carbons (Fsp3) is 0.375. The third-order valence-corrected chi connectivity index (χ3v) is 6.72. The molecule has 128 valence electrons. The molecular formula is C16H19N3O4S. The summed E-state index contributed by atoms with van der Waals surface area (Å²) < 4.78 is 28.6. The van der Waals surface area contributed by atoms with Crippen molar-refractivity contribution in [3.05, 3.63) is 48.5 Å². The molecule has 0 atom stereocenters. The monoisotopic (exact) mass is 349 g/mol. The van der Waals surface area contributed by atoms with E-state index < -0.39 is 21.5 Å². The lowest BCUT2D eigenvalue weighted by Gasteiger charge is -2.39. The maximum Gasteiger partial charge on any atom is 0.330 e. The smallest absolute Gasteiger partial charge is 0.330 e. The first-order chi connectivity index (χ1) is 11.4. The van der Waals surface area contributed by atoms with Crippen molar-refractivity contribution < 1.29 is 18.3 Å². The van der Waals surface area contributed by atoms with Crippen molar-refractivity contribution in [2.75, 3.05) is 13.1 Å². The van der Waals surface area contributed by atoms with Crippen molar-refractivity contribution in [2.45, 2.75) is 30.2 Å². The van der Waals surface area contributed by atoms with Gasteiger partial charge in [-0.15, -0.1) is 0 Å². The second-order valence-corrected chi connectivity index (χ2v) is 7.88. The molecule has 0 amide bonds. The number of carbonyl (C=O) groups is 1. The largest absolute Gasteiger partial charge is 0.479 e. The van der Waals surface area contributed by atoms with Crippen LogP contribution >= 0.6 is 0 Å². The Morgan fingerprint density at radius 2 is 1.92 bits per heavy atom. The van der Waals surface area contributed by atoms with Gasteiger partial charge in [0.2, 0.25) is 10.0 Å². The van der Waals surface area contributed by atoms with Crippen LogP contribution in [-0.4, -0.2) is 46.4 Å². The SMILES string of the molecule is Cc1ccccc1S(=O)(=O)N1CCC(C(=O)O)(n2ccnc2)CC1. The number of aliphatic carboxylic acids is 1. The Bertz CT molecular complexity index is 838. The van der Waals surface area contributed by atoms with E-state index in [1.54, 1.807) is 42.0 Å². The number of carboxylic acid groups (broad SMARTS) is 1. The molecule has 0 aliphatic carbocycles. The van der Waals surface area contributed by atoms with Crippen LogP contribution in [0.15, 0.2) is 47.9 Å². The van der Waals surface area contributed by atoms with Gasteiger partial charge < -0.3 is 9.67 Å². The maximum absolute atomic E-state index is 12.8. The van der Waals surface area contributed by atoms with E-state index in [1.165, 1.54) is 16.8 Å². The number of aryl methyl sites for hydroxylation is 1. The molecule has 2 aromatic rings. The van der Waals surface area contributed by atoms with Crippen LogP contribution in [0.3, 0.4) is 0 Å². The number of hydrogen-bond donors (Lipinski definition) is 1. The first kappa shape index (κ1) is 16.7. The van der Waals surface area contributed by atoms with Gasteiger partial charge in [-0.05, 0) is 31.4 Å². The van der Waals surface area contributed by atoms with Crippen LogP contribution in [0.2, 0.25) is 0 Å². The highest BCUT2D eigenvalue weighted by Crippen LogP contribution is 2.33. The van der Waals surface area contributed by atoms with Crippen LogP contribution in [0.25, 0.3) is 0 Å². The van der Waals surface area contributed by atoms with E-state index in [0.717, 1.165) is 0 Å². The third-order valence-electron chi connectivity index (χ3n) is 4.66. The van der Waals surface area contributed by atoms with Crippen molar-refractivity contribution in [3.8, 4) is 0 Å². The molecule has 8 heteroatoms. The third kappa shape index (κ3) is 2.61. The van der Waals surface area contributed by atoms with Crippen molar-refractivity contribution in [3.63, 3.8) is 0 Å². The number of imidazole rings is 1. The molecular weight excluding hydrogens is 330 g/mol. The van der Waals surface area contributed by atoms with Crippen LogP contribution in [0, 0.1) is 6.92 Å². The summed E-state index contributed by atoms with van der Waals surface area (Å²) in [4.78, 5) is 16.0. The van der Waals surface area contributed by atoms with Crippen LogP contribution in [0.5, 0.6) is 0 Å². The zero-order chi connectivity index (χ0) is 17.4. The molecule has 1 fully saturated rings. The molecule has 3 rings (SSSR count). The Morgan fingerprint density at radius 3 is 2.46 bits per heavy atom. The Morgan fingerprint density at radius 1 is 1.25 bits per heavy atom. The number of aromatic nitrogens is 2. The summed E-state index contributed by atoms with van der Waals surface area (Å²) >= 11 is 0. The maximum atomic E-state index is 12.8. The molecule has 1 aromatic carbocycles. The molecule has 1 aliphatic rings. The number of carboxylic acids is 1. The molecule has 24 heavy (non-hydrogen) atoms. The van der Waals surface area contributed by atoms with E-state index in [2.05, 4.69) is 4.98 Å². The van der Waals surface area contributed by atoms with Gasteiger partial charge in [0.25, 0.3) is 0 Å². The van der Waals surface area contributed by atoms with E-state index >= 15 is 0 Å². The lowest BCUT2D eigenvalue weighted by Crippen LogP contribution is -2.52. The summed E-state index contributed by atoms with van der Waals surface area (Å²) in [5.74, 6) is -0.964. The van der Waals surface area contributed by atoms with Gasteiger partial charge in [-0.25, -0.2) is 18.2 Å². The number of hydrogen-bond acceptors (Lipinski definition) is 4. The summed E-state index contributed by atoms with van der Waals surface area (Å²) in [7, 11) is -3.62. The minimum absolute atomic E-state index is 0.154. The van der Waals surface area contributed by atoms with E-state index in [1.807, 2.05) is 0 Å². The van der Waals surface area contributed by atoms with E-state index in [-0.39, 0.29) is 30.8 Å². The molecule has 1 N–H and O–H groups in total. The molecule has 0 unspecified atom stereocenters. The van der Waals surface area contributed by atoms with Crippen molar-refractivity contribution in [2.24, 2.45) is 0 Å². The van der Waals surface area contributed by atoms with Gasteiger partial charge in [0, 0.05) is 25.5 Å². The molecule has 2 heterocycles. The lowest BCUT2D eigenvalue weighted by atomic mass is 9.88. The highest BCUT2D eigenvalue weighted by molar-refractivity contribution is 7.89. The van der Waals surface area contributed by atoms with Gasteiger partial charge in [-0.3, -0.25) is 0 Å². The van der Waals surface area contributed by atoms with Gasteiger partial charge in [0.15, 0.2) is 0 Å². The normalized spacial score (nSPS) is 18.4. The first-order valence-corrected chi connectivity index (χ1v) is 9.09. The number of rotatable bonds is 4. The minimum Gasteiger partial charge on any atom is -0.479 e. The highest BCUT2D eigenvalue weighted by atomic mass is 32.2. The Balaban J connectivity index is 1.87. The molecule has 7 nitrogen and oxygen atoms in total. The second-order valence-electron chi connectivity index (χ2n) is 5.98. The van der Waals surface area contributed by atoms with Crippen LogP contribution in [-0.2, 0) is 20.4 Å². The zero-order valence-corrected chi connectivity index (χ0v) is 14.1. The summed E-state index contributed by atoms with van der Waals surface area (Å²) in [6.07, 6.45) is 5.01. The summed E-state index contributed by atoms with van der Waals surface area (Å²) in [5.41, 5.74) is -0.462. The Hall–Kier alpha value is -2.19. The van der Waals surface area contributed by atoms with Crippen molar-refractivity contribution >= 4 is 16.0 Å². The minimum atomic E-state index is -3.62. The van der Waals surface area contributed by atoms with Gasteiger partial charge >= 0.3 is 5.97 Å². The zero-order valence-electron chi connectivity index (χ0n) is 13.3. The topological polar surface area (TPSA) is 92.5 Å². The van der Waals surface area contributed by atoms with Crippen molar-refractivity contribution in [1.82, 2.24) is 13.9 Å². The van der Waals surface area contributed by atoms with Crippen LogP contribution < -0.4 is 0 Å². The highest BCUT2D eigenvalue weighted by Gasteiger charge is 2.45. The molecule has 1 aliphatic heterocycles. The number of sulfonamides is 1. The summed E-state index contributed by atoms with van der Waals surface area (Å²) in [6, 6.07) is 6.82. The van der Waals surface area contributed by atoms with E-state index in [0.29, 0.717) is 5.56 Å². The molecule has 0 radical (unpaired) electrons. The molecule has 0 bridgehead atoms. The number of nitrogens with zero attached hydrogens (tertiary/aromatic N) is 3. The van der Waals surface area contributed by atoms with E-state index in [9.17, 15) is 18.3 Å². The van der Waals surface area contributed by atoms with Crippen LogP contribution in [0.1, 0.15) is 18.4 Å². The van der Waals surface area contributed by atoms with Crippen molar-refractivity contribution in [1.29, 1.82) is 0 Å². The standard InChI is InChI=1S/C16H19N3O4S/c1-13-4-2-3-5-14(13)24(22,23)19-9-6-16(7-10-19,15(20)21)18-11-8-17-12-18/h2-5,8,11-12H,6-7,9-10H2,1H3,(H,20,21). The lowest BCUT2D eigenvalue weighted by molar-refractivity contribution is -0.149. The van der Waals surface area contributed by atoms with Gasteiger partial charge in [0.1, 0.15) is 5.54 Å². The average molecular weight is 349 g/mol. The molecule has 0 saturated carbocycles. The Labute approximate surface area is 140 Å². The second kappa shape index (κ2) is 6.03.